The quantitative estimate of drug-likeness (QED) is 0.703. The minimum atomic E-state index is 0.568. The third kappa shape index (κ3) is 2.86. The molecule has 6 nitrogen and oxygen atoms in total. The number of nitrogens with one attached hydrogen (secondary N) is 1. The molecule has 0 radical (unpaired) electrons. The number of aromatic nitrogens is 2. The summed E-state index contributed by atoms with van der Waals surface area (Å²) in [5.74, 6) is 2.04. The number of H-pyrrole nitrogens is 1. The summed E-state index contributed by atoms with van der Waals surface area (Å²) in [7, 11) is 4.83. The largest absolute Gasteiger partial charge is 0.497 e. The van der Waals surface area contributed by atoms with Gasteiger partial charge in [0, 0.05) is 17.2 Å². The SMILES string of the molecule is COc1cc(OC)cc(-c2nc[nH]c2-c2ccc(OC)c(N)c2)c1. The van der Waals surface area contributed by atoms with Gasteiger partial charge in [-0.1, -0.05) is 0 Å². The third-order valence-electron chi connectivity index (χ3n) is 3.78. The van der Waals surface area contributed by atoms with Gasteiger partial charge in [0.05, 0.1) is 44.7 Å². The molecule has 0 aliphatic heterocycles. The van der Waals surface area contributed by atoms with E-state index in [1.54, 1.807) is 27.7 Å². The Kier molecular flexibility index (Phi) is 4.29. The van der Waals surface area contributed by atoms with Crippen LogP contribution in [0.4, 0.5) is 5.69 Å². The second-order valence-electron chi connectivity index (χ2n) is 5.18. The first-order valence-electron chi connectivity index (χ1n) is 7.37. The Morgan fingerprint density at radius 3 is 2.17 bits per heavy atom. The lowest BCUT2D eigenvalue weighted by Gasteiger charge is -2.10. The maximum Gasteiger partial charge on any atom is 0.141 e. The summed E-state index contributed by atoms with van der Waals surface area (Å²) < 4.78 is 15.9. The van der Waals surface area contributed by atoms with Crippen LogP contribution in [0.1, 0.15) is 0 Å². The van der Waals surface area contributed by atoms with Crippen LogP contribution in [0.3, 0.4) is 0 Å². The summed E-state index contributed by atoms with van der Waals surface area (Å²) in [4.78, 5) is 7.62. The maximum absolute atomic E-state index is 6.02. The molecule has 0 amide bonds. The van der Waals surface area contributed by atoms with Crippen molar-refractivity contribution >= 4 is 5.69 Å². The van der Waals surface area contributed by atoms with Crippen molar-refractivity contribution in [1.82, 2.24) is 9.97 Å². The molecular formula is C18H19N3O3. The van der Waals surface area contributed by atoms with Gasteiger partial charge in [-0.05, 0) is 30.3 Å². The van der Waals surface area contributed by atoms with Gasteiger partial charge in [0.2, 0.25) is 0 Å². The Labute approximate surface area is 140 Å². The highest BCUT2D eigenvalue weighted by Gasteiger charge is 2.14. The van der Waals surface area contributed by atoms with E-state index in [2.05, 4.69) is 9.97 Å². The monoisotopic (exact) mass is 325 g/mol. The zero-order chi connectivity index (χ0) is 17.1. The standard InChI is InChI=1S/C18H19N3O3/c1-22-13-6-12(7-14(9-13)23-2)18-17(20-10-21-18)11-4-5-16(24-3)15(19)8-11/h4-10H,19H2,1-3H3,(H,20,21). The van der Waals surface area contributed by atoms with E-state index in [1.807, 2.05) is 36.4 Å². The maximum atomic E-state index is 6.02. The second kappa shape index (κ2) is 6.54. The molecule has 0 bridgehead atoms. The van der Waals surface area contributed by atoms with Crippen molar-refractivity contribution in [3.63, 3.8) is 0 Å². The highest BCUT2D eigenvalue weighted by atomic mass is 16.5. The van der Waals surface area contributed by atoms with Crippen LogP contribution in [0, 0.1) is 0 Å². The fourth-order valence-electron chi connectivity index (χ4n) is 2.57. The molecule has 1 heterocycles. The molecule has 3 N–H and O–H groups in total. The highest BCUT2D eigenvalue weighted by molar-refractivity contribution is 5.81. The molecule has 0 atom stereocenters. The van der Waals surface area contributed by atoms with Crippen LogP contribution in [-0.4, -0.2) is 31.3 Å². The number of ether oxygens (including phenoxy) is 3. The molecule has 3 rings (SSSR count). The molecule has 0 aliphatic carbocycles. The van der Waals surface area contributed by atoms with Gasteiger partial charge in [0.1, 0.15) is 17.2 Å². The first-order valence-corrected chi connectivity index (χ1v) is 7.37. The summed E-state index contributed by atoms with van der Waals surface area (Å²) >= 11 is 0. The molecule has 0 fully saturated rings. The molecule has 3 aromatic rings. The van der Waals surface area contributed by atoms with E-state index in [1.165, 1.54) is 0 Å². The molecule has 2 aromatic carbocycles. The van der Waals surface area contributed by atoms with Crippen molar-refractivity contribution < 1.29 is 14.2 Å². The fourth-order valence-corrected chi connectivity index (χ4v) is 2.57. The number of anilines is 1. The number of methoxy groups -OCH3 is 3. The summed E-state index contributed by atoms with van der Waals surface area (Å²) in [6.45, 7) is 0. The Bertz CT molecular complexity index is 836. The number of benzene rings is 2. The highest BCUT2D eigenvalue weighted by Crippen LogP contribution is 2.35. The zero-order valence-corrected chi connectivity index (χ0v) is 13.8. The van der Waals surface area contributed by atoms with Crippen molar-refractivity contribution in [2.75, 3.05) is 27.1 Å². The van der Waals surface area contributed by atoms with E-state index in [0.717, 1.165) is 22.5 Å². The van der Waals surface area contributed by atoms with E-state index in [4.69, 9.17) is 19.9 Å². The molecule has 0 unspecified atom stereocenters. The van der Waals surface area contributed by atoms with Gasteiger partial charge in [-0.2, -0.15) is 0 Å². The minimum Gasteiger partial charge on any atom is -0.497 e. The van der Waals surface area contributed by atoms with Crippen molar-refractivity contribution in [1.29, 1.82) is 0 Å². The first kappa shape index (κ1) is 15.7. The molecule has 6 heteroatoms. The number of hydrogen-bond acceptors (Lipinski definition) is 5. The average molecular weight is 325 g/mol. The normalized spacial score (nSPS) is 10.5. The Morgan fingerprint density at radius 1 is 0.875 bits per heavy atom. The Hall–Kier alpha value is -3.15. The summed E-state index contributed by atoms with van der Waals surface area (Å²) in [6, 6.07) is 11.3. The minimum absolute atomic E-state index is 0.568. The van der Waals surface area contributed by atoms with Gasteiger partial charge in [-0.25, -0.2) is 4.98 Å². The van der Waals surface area contributed by atoms with Gasteiger partial charge in [0.25, 0.3) is 0 Å². The summed E-state index contributed by atoms with van der Waals surface area (Å²) in [5, 5.41) is 0. The van der Waals surface area contributed by atoms with Crippen LogP contribution in [0.15, 0.2) is 42.7 Å². The smallest absolute Gasteiger partial charge is 0.141 e. The molecule has 24 heavy (non-hydrogen) atoms. The van der Waals surface area contributed by atoms with Crippen molar-refractivity contribution in [2.24, 2.45) is 0 Å². The van der Waals surface area contributed by atoms with E-state index >= 15 is 0 Å². The topological polar surface area (TPSA) is 82.4 Å². The van der Waals surface area contributed by atoms with Crippen LogP contribution < -0.4 is 19.9 Å². The summed E-state index contributed by atoms with van der Waals surface area (Å²) in [5.41, 5.74) is 10.0. The number of nitrogen functional groups attached to an aromatic ring is 1. The molecule has 0 aliphatic rings. The second-order valence-corrected chi connectivity index (χ2v) is 5.18. The molecule has 0 saturated carbocycles. The lowest BCUT2D eigenvalue weighted by molar-refractivity contribution is 0.394. The van der Waals surface area contributed by atoms with E-state index < -0.39 is 0 Å². The predicted octanol–water partition coefficient (Wildman–Crippen LogP) is 3.35. The summed E-state index contributed by atoms with van der Waals surface area (Å²) in [6.07, 6.45) is 1.65. The Morgan fingerprint density at radius 2 is 1.58 bits per heavy atom. The van der Waals surface area contributed by atoms with Crippen LogP contribution in [0.25, 0.3) is 22.5 Å². The van der Waals surface area contributed by atoms with Gasteiger partial charge in [0.15, 0.2) is 0 Å². The first-order chi connectivity index (χ1) is 11.7. The molecule has 1 aromatic heterocycles. The molecule has 0 saturated heterocycles. The number of nitrogens with zero attached hydrogens (tertiary/aromatic N) is 1. The van der Waals surface area contributed by atoms with Gasteiger partial charge >= 0.3 is 0 Å². The van der Waals surface area contributed by atoms with Crippen LogP contribution in [-0.2, 0) is 0 Å². The van der Waals surface area contributed by atoms with Crippen LogP contribution in [0.5, 0.6) is 17.2 Å². The predicted molar refractivity (Wildman–Crippen MR) is 93.5 cm³/mol. The number of rotatable bonds is 5. The van der Waals surface area contributed by atoms with Gasteiger partial charge in [-0.15, -0.1) is 0 Å². The van der Waals surface area contributed by atoms with Crippen molar-refractivity contribution in [2.45, 2.75) is 0 Å². The number of hydrogen-bond donors (Lipinski definition) is 2. The molecule has 0 spiro atoms. The van der Waals surface area contributed by atoms with Gasteiger partial charge in [-0.3, -0.25) is 0 Å². The fraction of sp³-hybridized carbons (Fsp3) is 0.167. The third-order valence-corrected chi connectivity index (χ3v) is 3.78. The number of imidazole rings is 1. The van der Waals surface area contributed by atoms with Crippen LogP contribution in [0.2, 0.25) is 0 Å². The number of nitrogens with two attached hydrogens (primary N) is 1. The Balaban J connectivity index is 2.10. The van der Waals surface area contributed by atoms with E-state index in [-0.39, 0.29) is 0 Å². The van der Waals surface area contributed by atoms with Crippen LogP contribution >= 0.6 is 0 Å². The molecular weight excluding hydrogens is 306 g/mol. The van der Waals surface area contributed by atoms with Crippen molar-refractivity contribution in [3.05, 3.63) is 42.7 Å². The molecule has 124 valence electrons. The van der Waals surface area contributed by atoms with Gasteiger partial charge < -0.3 is 24.9 Å². The zero-order valence-electron chi connectivity index (χ0n) is 13.8. The number of aromatic amines is 1. The lowest BCUT2D eigenvalue weighted by Crippen LogP contribution is -1.94. The van der Waals surface area contributed by atoms with Crippen molar-refractivity contribution in [3.8, 4) is 39.8 Å². The lowest BCUT2D eigenvalue weighted by atomic mass is 10.0. The average Bonchev–Trinajstić information content (AvgIpc) is 3.10. The van der Waals surface area contributed by atoms with E-state index in [0.29, 0.717) is 22.9 Å². The van der Waals surface area contributed by atoms with E-state index in [9.17, 15) is 0 Å².